The molecule has 0 aromatic heterocycles. The van der Waals surface area contributed by atoms with E-state index in [1.807, 2.05) is 0 Å². The summed E-state index contributed by atoms with van der Waals surface area (Å²) in [4.78, 5) is 53.0. The van der Waals surface area contributed by atoms with Crippen LogP contribution in [0.1, 0.15) is 74.8 Å². The number of halogens is 12. The van der Waals surface area contributed by atoms with Crippen LogP contribution in [0.15, 0.2) is 115 Å². The highest BCUT2D eigenvalue weighted by molar-refractivity contribution is 6.34. The van der Waals surface area contributed by atoms with Crippen molar-refractivity contribution in [2.45, 2.75) is 38.6 Å². The quantitative estimate of drug-likeness (QED) is 0.122. The Morgan fingerprint density at radius 3 is 1.22 bits per heavy atom. The molecule has 0 N–H and O–H groups in total. The molecule has 2 aliphatic heterocycles. The van der Waals surface area contributed by atoms with Gasteiger partial charge in [0, 0.05) is 7.05 Å². The second-order valence-electron chi connectivity index (χ2n) is 15.0. The van der Waals surface area contributed by atoms with Gasteiger partial charge in [0.1, 0.15) is 11.5 Å². The topological polar surface area (TPSA) is 93.2 Å². The molecule has 2 heterocycles. The zero-order chi connectivity index (χ0) is 49.1. The van der Waals surface area contributed by atoms with E-state index in [1.165, 1.54) is 55.6 Å². The minimum atomic E-state index is -5.15. The molecule has 0 atom stereocenters. The van der Waals surface area contributed by atoms with Crippen molar-refractivity contribution in [2.24, 2.45) is 0 Å². The maximum atomic E-state index is 13.7. The number of hydrogen-bond acceptors (Lipinski definition) is 6. The Balaban J connectivity index is 0.000000254. The normalized spacial score (nSPS) is 14.0. The predicted octanol–water partition coefficient (Wildman–Crippen LogP) is 13.3. The Labute approximate surface area is 370 Å². The van der Waals surface area contributed by atoms with Crippen molar-refractivity contribution >= 4 is 29.3 Å². The first-order valence-corrected chi connectivity index (χ1v) is 19.2. The standard InChI is InChI=1S/C32H18F6N2O5.C15H10F6O/c1-15-11-24(31(33,34)35)26(25(12-15)32(36,37)38)45-19-7-5-18(6-8-19)40-29(43)21-10-4-17(14-23(21)30(40)44)16-3-9-20-22(13-16)28(42)39(2)27(20)41;1-9-5-7-10(8-6-9)22-13-11(14(16,17)18)3-2-4-12(13)15(19,20)21/h3-14H,1-2H3;2-8H,1H3. The van der Waals surface area contributed by atoms with Gasteiger partial charge in [0.15, 0.2) is 11.5 Å². The van der Waals surface area contributed by atoms with Crippen LogP contribution in [0.3, 0.4) is 0 Å². The van der Waals surface area contributed by atoms with Crippen LogP contribution >= 0.6 is 0 Å². The Morgan fingerprint density at radius 1 is 0.403 bits per heavy atom. The third kappa shape index (κ3) is 9.41. The molecular formula is C47H28F12N2O6. The summed E-state index contributed by atoms with van der Waals surface area (Å²) < 4.78 is 170. The van der Waals surface area contributed by atoms with Crippen molar-refractivity contribution in [3.63, 3.8) is 0 Å². The van der Waals surface area contributed by atoms with Crippen LogP contribution < -0.4 is 14.4 Å². The van der Waals surface area contributed by atoms with Gasteiger partial charge in [-0.2, -0.15) is 52.7 Å². The lowest BCUT2D eigenvalue weighted by atomic mass is 9.97. The van der Waals surface area contributed by atoms with Gasteiger partial charge in [-0.15, -0.1) is 0 Å². The summed E-state index contributed by atoms with van der Waals surface area (Å²) in [7, 11) is 1.36. The zero-order valence-corrected chi connectivity index (χ0v) is 34.3. The molecule has 4 amide bonds. The average Bonchev–Trinajstić information content (AvgIpc) is 3.62. The fourth-order valence-corrected chi connectivity index (χ4v) is 7.10. The third-order valence-corrected chi connectivity index (χ3v) is 10.3. The number of carbonyl (C=O) groups excluding carboxylic acids is 4. The molecule has 6 aromatic carbocycles. The number of hydrogen-bond donors (Lipinski definition) is 0. The zero-order valence-electron chi connectivity index (χ0n) is 34.3. The summed E-state index contributed by atoms with van der Waals surface area (Å²) in [6.07, 6.45) is -20.2. The van der Waals surface area contributed by atoms with Gasteiger partial charge in [0.25, 0.3) is 23.6 Å². The number of carbonyl (C=O) groups is 4. The van der Waals surface area contributed by atoms with Crippen LogP contribution in [0.2, 0.25) is 0 Å². The van der Waals surface area contributed by atoms with E-state index in [0.717, 1.165) is 46.6 Å². The van der Waals surface area contributed by atoms with Gasteiger partial charge >= 0.3 is 24.7 Å². The van der Waals surface area contributed by atoms with Gasteiger partial charge in [0.05, 0.1) is 50.2 Å². The Kier molecular flexibility index (Phi) is 12.0. The summed E-state index contributed by atoms with van der Waals surface area (Å²) >= 11 is 0. The van der Waals surface area contributed by atoms with Gasteiger partial charge < -0.3 is 9.47 Å². The second-order valence-corrected chi connectivity index (χ2v) is 15.0. The number of aryl methyl sites for hydroxylation is 2. The lowest BCUT2D eigenvalue weighted by Crippen LogP contribution is -2.29. The maximum absolute atomic E-state index is 13.7. The van der Waals surface area contributed by atoms with Crippen molar-refractivity contribution < 1.29 is 81.3 Å². The first-order chi connectivity index (χ1) is 31.1. The number of alkyl halides is 12. The number of ether oxygens (including phenoxy) is 2. The fraction of sp³-hybridized carbons (Fsp3) is 0.149. The highest BCUT2D eigenvalue weighted by Crippen LogP contribution is 2.48. The SMILES string of the molecule is Cc1cc(C(F)(F)F)c(Oc2ccc(N3C(=O)c4ccc(-c5ccc6c(c5)C(=O)N(C)C6=O)cc4C3=O)cc2)c(C(F)(F)F)c1.Cc1ccc(Oc2c(C(F)(F)F)cccc2C(F)(F)F)cc1. The minimum absolute atomic E-state index is 0.00391. The van der Waals surface area contributed by atoms with Gasteiger partial charge in [-0.05, 0) is 115 Å². The molecule has 0 saturated heterocycles. The van der Waals surface area contributed by atoms with E-state index in [1.54, 1.807) is 19.1 Å². The van der Waals surface area contributed by atoms with Crippen molar-refractivity contribution in [3.05, 3.63) is 171 Å². The summed E-state index contributed by atoms with van der Waals surface area (Å²) in [5.74, 6) is -5.52. The molecule has 0 fully saturated rings. The Hall–Kier alpha value is -7.64. The summed E-state index contributed by atoms with van der Waals surface area (Å²) in [5.41, 5.74) is -4.11. The molecule has 8 nitrogen and oxygen atoms in total. The molecule has 0 bridgehead atoms. The summed E-state index contributed by atoms with van der Waals surface area (Å²) in [6.45, 7) is 2.83. The summed E-state index contributed by atoms with van der Waals surface area (Å²) in [6, 6.07) is 22.0. The minimum Gasteiger partial charge on any atom is -0.456 e. The highest BCUT2D eigenvalue weighted by atomic mass is 19.4. The fourth-order valence-electron chi connectivity index (χ4n) is 7.10. The molecule has 0 spiro atoms. The number of imide groups is 2. The molecule has 0 aliphatic carbocycles. The second kappa shape index (κ2) is 17.0. The number of para-hydroxylation sites is 1. The third-order valence-electron chi connectivity index (χ3n) is 10.3. The van der Waals surface area contributed by atoms with E-state index in [0.29, 0.717) is 41.5 Å². The molecule has 2 aliphatic rings. The van der Waals surface area contributed by atoms with E-state index >= 15 is 0 Å². The Bertz CT molecular complexity index is 2910. The smallest absolute Gasteiger partial charge is 0.420 e. The molecule has 0 radical (unpaired) electrons. The molecule has 6 aromatic rings. The lowest BCUT2D eigenvalue weighted by molar-refractivity contribution is -0.146. The van der Waals surface area contributed by atoms with Crippen molar-refractivity contribution in [2.75, 3.05) is 11.9 Å². The first kappa shape index (κ1) is 47.3. The Morgan fingerprint density at radius 2 is 0.776 bits per heavy atom. The number of benzene rings is 6. The number of amides is 4. The number of fused-ring (bicyclic) bond motifs is 2. The molecule has 346 valence electrons. The van der Waals surface area contributed by atoms with Gasteiger partial charge in [-0.1, -0.05) is 35.9 Å². The predicted molar refractivity (Wildman–Crippen MR) is 215 cm³/mol. The van der Waals surface area contributed by atoms with Crippen molar-refractivity contribution in [1.82, 2.24) is 4.90 Å². The first-order valence-electron chi connectivity index (χ1n) is 19.2. The molecular weight excluding hydrogens is 917 g/mol. The van der Waals surface area contributed by atoms with Gasteiger partial charge in [-0.3, -0.25) is 24.1 Å². The van der Waals surface area contributed by atoms with Gasteiger partial charge in [-0.25, -0.2) is 4.90 Å². The van der Waals surface area contributed by atoms with Gasteiger partial charge in [0.2, 0.25) is 0 Å². The van der Waals surface area contributed by atoms with E-state index in [9.17, 15) is 71.9 Å². The maximum Gasteiger partial charge on any atom is 0.420 e. The van der Waals surface area contributed by atoms with Crippen LogP contribution in [-0.2, 0) is 24.7 Å². The number of rotatable bonds is 6. The number of anilines is 1. The highest BCUT2D eigenvalue weighted by Gasteiger charge is 2.44. The van der Waals surface area contributed by atoms with Crippen LogP contribution in [0.5, 0.6) is 23.0 Å². The molecule has 20 heteroatoms. The largest absolute Gasteiger partial charge is 0.456 e. The molecule has 67 heavy (non-hydrogen) atoms. The van der Waals surface area contributed by atoms with Crippen molar-refractivity contribution in [3.8, 4) is 34.1 Å². The van der Waals surface area contributed by atoms with E-state index < -0.39 is 87.8 Å². The monoisotopic (exact) mass is 944 g/mol. The van der Waals surface area contributed by atoms with E-state index in [4.69, 9.17) is 9.47 Å². The van der Waals surface area contributed by atoms with Crippen LogP contribution in [0, 0.1) is 13.8 Å². The van der Waals surface area contributed by atoms with Crippen LogP contribution in [0.25, 0.3) is 11.1 Å². The molecule has 0 saturated carbocycles. The van der Waals surface area contributed by atoms with Crippen LogP contribution in [0.4, 0.5) is 58.4 Å². The molecule has 0 unspecified atom stereocenters. The van der Waals surface area contributed by atoms with Crippen molar-refractivity contribution in [1.29, 1.82) is 0 Å². The molecule has 8 rings (SSSR count). The van der Waals surface area contributed by atoms with Crippen LogP contribution in [-0.4, -0.2) is 35.6 Å². The number of nitrogens with zero attached hydrogens (tertiary/aromatic N) is 2. The summed E-state index contributed by atoms with van der Waals surface area (Å²) in [5, 5.41) is 0. The van der Waals surface area contributed by atoms with E-state index in [-0.39, 0.29) is 39.3 Å². The van der Waals surface area contributed by atoms with E-state index in [2.05, 4.69) is 0 Å². The average molecular weight is 945 g/mol. The lowest BCUT2D eigenvalue weighted by Gasteiger charge is -2.20.